The molecule has 3 rings (SSSR count). The molecule has 5 heteroatoms. The van der Waals surface area contributed by atoms with Crippen LogP contribution in [0.1, 0.15) is 55.5 Å². The predicted molar refractivity (Wildman–Crippen MR) is 92.3 cm³/mol. The molecule has 128 valence electrons. The van der Waals surface area contributed by atoms with Crippen LogP contribution in [0.2, 0.25) is 0 Å². The third-order valence-electron chi connectivity index (χ3n) is 4.64. The van der Waals surface area contributed by atoms with E-state index in [1.165, 1.54) is 12.8 Å². The number of amides is 1. The zero-order valence-corrected chi connectivity index (χ0v) is 14.5. The third kappa shape index (κ3) is 3.61. The molecule has 1 aliphatic rings. The van der Waals surface area contributed by atoms with Crippen molar-refractivity contribution >= 4 is 11.6 Å². The fourth-order valence-electron chi connectivity index (χ4n) is 3.31. The summed E-state index contributed by atoms with van der Waals surface area (Å²) in [4.78, 5) is 12.5. The molecule has 1 atom stereocenters. The van der Waals surface area contributed by atoms with Gasteiger partial charge in [-0.3, -0.25) is 4.79 Å². The van der Waals surface area contributed by atoms with E-state index >= 15 is 0 Å². The van der Waals surface area contributed by atoms with Gasteiger partial charge in [-0.1, -0.05) is 5.16 Å². The highest BCUT2D eigenvalue weighted by Crippen LogP contribution is 2.27. The van der Waals surface area contributed by atoms with Crippen LogP contribution in [0.25, 0.3) is 0 Å². The standard InChI is InChI=1S/C19H24N2O3/c1-12(18-13(2)21-24-14(18)3)19(22)20-15-8-10-17(11-9-15)23-16-6-4-5-7-16/h8-12,16H,4-7H2,1-3H3,(H,20,22)/t12-/m1/s1. The molecule has 1 aromatic heterocycles. The maximum absolute atomic E-state index is 12.5. The molecule has 24 heavy (non-hydrogen) atoms. The second-order valence-electron chi connectivity index (χ2n) is 6.50. The molecule has 0 bridgehead atoms. The molecular weight excluding hydrogens is 304 g/mol. The van der Waals surface area contributed by atoms with Crippen molar-refractivity contribution < 1.29 is 14.1 Å². The van der Waals surface area contributed by atoms with Crippen molar-refractivity contribution in [1.82, 2.24) is 5.16 Å². The van der Waals surface area contributed by atoms with Crippen LogP contribution in [0.15, 0.2) is 28.8 Å². The number of anilines is 1. The van der Waals surface area contributed by atoms with Crippen molar-refractivity contribution in [2.45, 2.75) is 58.5 Å². The first-order valence-corrected chi connectivity index (χ1v) is 8.55. The van der Waals surface area contributed by atoms with Crippen molar-refractivity contribution in [1.29, 1.82) is 0 Å². The molecule has 0 radical (unpaired) electrons. The predicted octanol–water partition coefficient (Wildman–Crippen LogP) is 4.36. The van der Waals surface area contributed by atoms with Crippen LogP contribution in [-0.2, 0) is 4.79 Å². The molecule has 0 unspecified atom stereocenters. The van der Waals surface area contributed by atoms with E-state index in [2.05, 4.69) is 10.5 Å². The summed E-state index contributed by atoms with van der Waals surface area (Å²) in [5.74, 6) is 1.16. The minimum atomic E-state index is -0.314. The lowest BCUT2D eigenvalue weighted by molar-refractivity contribution is -0.117. The minimum absolute atomic E-state index is 0.0751. The number of hydrogen-bond donors (Lipinski definition) is 1. The quantitative estimate of drug-likeness (QED) is 0.886. The van der Waals surface area contributed by atoms with Gasteiger partial charge in [-0.2, -0.15) is 0 Å². The van der Waals surface area contributed by atoms with Crippen LogP contribution >= 0.6 is 0 Å². The molecule has 0 spiro atoms. The molecule has 1 aromatic carbocycles. The van der Waals surface area contributed by atoms with Crippen LogP contribution in [-0.4, -0.2) is 17.2 Å². The monoisotopic (exact) mass is 328 g/mol. The van der Waals surface area contributed by atoms with Crippen LogP contribution in [0.5, 0.6) is 5.75 Å². The van der Waals surface area contributed by atoms with Crippen LogP contribution < -0.4 is 10.1 Å². The lowest BCUT2D eigenvalue weighted by Crippen LogP contribution is -2.19. The van der Waals surface area contributed by atoms with Gasteiger partial charge in [0.15, 0.2) is 0 Å². The molecule has 1 heterocycles. The summed E-state index contributed by atoms with van der Waals surface area (Å²) in [5.41, 5.74) is 2.38. The Morgan fingerprint density at radius 2 is 1.92 bits per heavy atom. The molecule has 1 amide bonds. The Kier molecular flexibility index (Phi) is 4.88. The largest absolute Gasteiger partial charge is 0.490 e. The Morgan fingerprint density at radius 1 is 1.25 bits per heavy atom. The van der Waals surface area contributed by atoms with Gasteiger partial charge in [-0.25, -0.2) is 0 Å². The number of ether oxygens (including phenoxy) is 1. The lowest BCUT2D eigenvalue weighted by atomic mass is 9.98. The van der Waals surface area contributed by atoms with Crippen molar-refractivity contribution in [3.05, 3.63) is 41.3 Å². The van der Waals surface area contributed by atoms with E-state index in [9.17, 15) is 4.79 Å². The van der Waals surface area contributed by atoms with Crippen LogP contribution in [0, 0.1) is 13.8 Å². The SMILES string of the molecule is Cc1noc(C)c1[C@@H](C)C(=O)Nc1ccc(OC2CCCC2)cc1. The Bertz CT molecular complexity index is 680. The van der Waals surface area contributed by atoms with Crippen molar-refractivity contribution in [3.8, 4) is 5.75 Å². The van der Waals surface area contributed by atoms with E-state index < -0.39 is 0 Å². The molecule has 0 aliphatic heterocycles. The molecule has 1 N–H and O–H groups in total. The average molecular weight is 328 g/mol. The third-order valence-corrected chi connectivity index (χ3v) is 4.64. The van der Waals surface area contributed by atoms with E-state index in [1.54, 1.807) is 0 Å². The second kappa shape index (κ2) is 7.07. The van der Waals surface area contributed by atoms with E-state index in [1.807, 2.05) is 45.0 Å². The van der Waals surface area contributed by atoms with Gasteiger partial charge < -0.3 is 14.6 Å². The Morgan fingerprint density at radius 3 is 2.50 bits per heavy atom. The van der Waals surface area contributed by atoms with Gasteiger partial charge in [0.25, 0.3) is 0 Å². The fraction of sp³-hybridized carbons (Fsp3) is 0.474. The van der Waals surface area contributed by atoms with Gasteiger partial charge >= 0.3 is 0 Å². The van der Waals surface area contributed by atoms with E-state index in [4.69, 9.17) is 9.26 Å². The van der Waals surface area contributed by atoms with Crippen molar-refractivity contribution in [2.24, 2.45) is 0 Å². The number of hydrogen-bond acceptors (Lipinski definition) is 4. The Hall–Kier alpha value is -2.30. The normalized spacial score (nSPS) is 16.1. The topological polar surface area (TPSA) is 64.4 Å². The van der Waals surface area contributed by atoms with Crippen molar-refractivity contribution in [2.75, 3.05) is 5.32 Å². The molecule has 2 aromatic rings. The van der Waals surface area contributed by atoms with Gasteiger partial charge in [0.2, 0.25) is 5.91 Å². The molecule has 5 nitrogen and oxygen atoms in total. The number of aromatic nitrogens is 1. The number of carbonyl (C=O) groups excluding carboxylic acids is 1. The Labute approximate surface area is 142 Å². The zero-order valence-electron chi connectivity index (χ0n) is 14.5. The molecule has 1 saturated carbocycles. The summed E-state index contributed by atoms with van der Waals surface area (Å²) in [6, 6.07) is 7.58. The van der Waals surface area contributed by atoms with Gasteiger partial charge in [0, 0.05) is 11.3 Å². The summed E-state index contributed by atoms with van der Waals surface area (Å²) in [6.07, 6.45) is 5.10. The number of nitrogens with zero attached hydrogens (tertiary/aromatic N) is 1. The van der Waals surface area contributed by atoms with Gasteiger partial charge in [0.05, 0.1) is 17.7 Å². The first-order valence-electron chi connectivity index (χ1n) is 8.55. The van der Waals surface area contributed by atoms with Crippen LogP contribution in [0.4, 0.5) is 5.69 Å². The first-order chi connectivity index (χ1) is 11.5. The molecule has 1 aliphatic carbocycles. The maximum Gasteiger partial charge on any atom is 0.231 e. The molecule has 1 fully saturated rings. The van der Waals surface area contributed by atoms with E-state index in [0.29, 0.717) is 11.9 Å². The summed E-state index contributed by atoms with van der Waals surface area (Å²) < 4.78 is 11.1. The lowest BCUT2D eigenvalue weighted by Gasteiger charge is -2.15. The number of aryl methyl sites for hydroxylation is 2. The van der Waals surface area contributed by atoms with Crippen LogP contribution in [0.3, 0.4) is 0 Å². The highest BCUT2D eigenvalue weighted by Gasteiger charge is 2.23. The maximum atomic E-state index is 12.5. The number of rotatable bonds is 5. The molecule has 0 saturated heterocycles. The summed E-state index contributed by atoms with van der Waals surface area (Å²) >= 11 is 0. The summed E-state index contributed by atoms with van der Waals surface area (Å²) in [7, 11) is 0. The van der Waals surface area contributed by atoms with E-state index in [0.717, 1.165) is 35.5 Å². The van der Waals surface area contributed by atoms with Gasteiger partial charge in [-0.05, 0) is 70.7 Å². The highest BCUT2D eigenvalue weighted by atomic mass is 16.5. The average Bonchev–Trinajstić information content (AvgIpc) is 3.18. The number of carbonyl (C=O) groups is 1. The van der Waals surface area contributed by atoms with Crippen molar-refractivity contribution in [3.63, 3.8) is 0 Å². The second-order valence-corrected chi connectivity index (χ2v) is 6.50. The summed E-state index contributed by atoms with van der Waals surface area (Å²) in [6.45, 7) is 5.54. The fourth-order valence-corrected chi connectivity index (χ4v) is 3.31. The first kappa shape index (κ1) is 16.6. The highest BCUT2D eigenvalue weighted by molar-refractivity contribution is 5.95. The zero-order chi connectivity index (χ0) is 17.1. The number of nitrogens with one attached hydrogen (secondary N) is 1. The number of benzene rings is 1. The smallest absolute Gasteiger partial charge is 0.231 e. The van der Waals surface area contributed by atoms with E-state index in [-0.39, 0.29) is 11.8 Å². The Balaban J connectivity index is 1.61. The van der Waals surface area contributed by atoms with Gasteiger partial charge in [-0.15, -0.1) is 0 Å². The van der Waals surface area contributed by atoms with Gasteiger partial charge in [0.1, 0.15) is 11.5 Å². The minimum Gasteiger partial charge on any atom is -0.490 e. The molecular formula is C19H24N2O3. The summed E-state index contributed by atoms with van der Waals surface area (Å²) in [5, 5.41) is 6.86.